The molecular weight excluding hydrogens is 268 g/mol. The third-order valence-electron chi connectivity index (χ3n) is 3.38. The second-order valence-electron chi connectivity index (χ2n) is 5.29. The fraction of sp³-hybridized carbons (Fsp3) is 0.800. The fourth-order valence-corrected chi connectivity index (χ4v) is 2.15. The predicted octanol–water partition coefficient (Wildman–Crippen LogP) is 1.72. The van der Waals surface area contributed by atoms with Gasteiger partial charge in [0.25, 0.3) is 0 Å². The van der Waals surface area contributed by atoms with Gasteiger partial charge in [-0.1, -0.05) is 20.8 Å². The molecule has 1 aromatic rings. The van der Waals surface area contributed by atoms with Crippen molar-refractivity contribution in [2.75, 3.05) is 13.2 Å². The molecule has 0 saturated heterocycles. The number of nitrogens with one attached hydrogen (secondary N) is 1. The Kier molecular flexibility index (Phi) is 6.81. The van der Waals surface area contributed by atoms with Crippen LogP contribution in [0.5, 0.6) is 0 Å². The lowest BCUT2D eigenvalue weighted by Gasteiger charge is -2.28. The van der Waals surface area contributed by atoms with E-state index in [1.54, 1.807) is 0 Å². The molecule has 0 aliphatic heterocycles. The fourth-order valence-electron chi connectivity index (χ4n) is 2.15. The molecule has 1 heterocycles. The normalized spacial score (nSPS) is 14.0. The highest BCUT2D eigenvalue weighted by molar-refractivity contribution is 5.80. The molecule has 0 fully saturated rings. The first-order valence-corrected chi connectivity index (χ1v) is 7.85. The average Bonchev–Trinajstić information content (AvgIpc) is 2.87. The molecule has 120 valence electrons. The van der Waals surface area contributed by atoms with Crippen LogP contribution in [0, 0.1) is 0 Å². The molecule has 1 atom stereocenters. The van der Waals surface area contributed by atoms with Gasteiger partial charge in [-0.15, -0.1) is 0 Å². The van der Waals surface area contributed by atoms with E-state index in [-0.39, 0.29) is 5.97 Å². The van der Waals surface area contributed by atoms with Crippen LogP contribution in [0.3, 0.4) is 0 Å². The number of ether oxygens (including phenoxy) is 1. The maximum atomic E-state index is 12.3. The molecule has 0 spiro atoms. The topological polar surface area (TPSA) is 69.0 Å². The molecule has 0 bridgehead atoms. The number of rotatable bonds is 9. The molecule has 0 amide bonds. The second kappa shape index (κ2) is 8.12. The standard InChI is InChI=1S/C15H28N4O2/c1-6-10-16-15(5,14(20)21-9-4)11-19-13(8-3)17-12(7-2)18-19/h16H,6-11H2,1-5H3. The van der Waals surface area contributed by atoms with Crippen molar-refractivity contribution in [2.45, 2.75) is 66.0 Å². The van der Waals surface area contributed by atoms with Crippen LogP contribution >= 0.6 is 0 Å². The lowest BCUT2D eigenvalue weighted by Crippen LogP contribution is -2.54. The Morgan fingerprint density at radius 2 is 2.00 bits per heavy atom. The van der Waals surface area contributed by atoms with Gasteiger partial charge >= 0.3 is 5.97 Å². The van der Waals surface area contributed by atoms with E-state index < -0.39 is 5.54 Å². The summed E-state index contributed by atoms with van der Waals surface area (Å²) in [7, 11) is 0. The van der Waals surface area contributed by atoms with Gasteiger partial charge in [0, 0.05) is 12.8 Å². The minimum atomic E-state index is -0.783. The van der Waals surface area contributed by atoms with Gasteiger partial charge in [-0.05, 0) is 26.8 Å². The van der Waals surface area contributed by atoms with E-state index in [4.69, 9.17) is 4.74 Å². The monoisotopic (exact) mass is 296 g/mol. The van der Waals surface area contributed by atoms with Crippen molar-refractivity contribution in [1.29, 1.82) is 0 Å². The third kappa shape index (κ3) is 4.52. The predicted molar refractivity (Wildman–Crippen MR) is 82.1 cm³/mol. The van der Waals surface area contributed by atoms with Gasteiger partial charge in [0.15, 0.2) is 5.82 Å². The Balaban J connectivity index is 2.99. The molecule has 21 heavy (non-hydrogen) atoms. The highest BCUT2D eigenvalue weighted by Crippen LogP contribution is 2.13. The van der Waals surface area contributed by atoms with E-state index in [2.05, 4.69) is 22.3 Å². The molecule has 0 aliphatic carbocycles. The molecule has 0 aliphatic rings. The van der Waals surface area contributed by atoms with Crippen molar-refractivity contribution in [3.05, 3.63) is 11.6 Å². The Morgan fingerprint density at radius 3 is 2.52 bits per heavy atom. The molecule has 1 rings (SSSR count). The van der Waals surface area contributed by atoms with Crippen LogP contribution in [-0.2, 0) is 28.9 Å². The Bertz CT molecular complexity index is 459. The second-order valence-corrected chi connectivity index (χ2v) is 5.29. The zero-order valence-electron chi connectivity index (χ0n) is 13.9. The molecule has 6 nitrogen and oxygen atoms in total. The Hall–Kier alpha value is -1.43. The van der Waals surface area contributed by atoms with E-state index in [1.807, 2.05) is 32.4 Å². The minimum absolute atomic E-state index is 0.242. The van der Waals surface area contributed by atoms with Gasteiger partial charge in [0.1, 0.15) is 11.4 Å². The van der Waals surface area contributed by atoms with Gasteiger partial charge in [0.2, 0.25) is 0 Å². The maximum absolute atomic E-state index is 12.3. The lowest BCUT2D eigenvalue weighted by atomic mass is 10.0. The molecule has 1 aromatic heterocycles. The number of aromatic nitrogens is 3. The smallest absolute Gasteiger partial charge is 0.327 e. The van der Waals surface area contributed by atoms with E-state index in [0.717, 1.165) is 37.5 Å². The molecule has 1 N–H and O–H groups in total. The summed E-state index contributed by atoms with van der Waals surface area (Å²) in [5.74, 6) is 1.48. The van der Waals surface area contributed by atoms with Gasteiger partial charge in [0.05, 0.1) is 13.2 Å². The molecular formula is C15H28N4O2. The third-order valence-corrected chi connectivity index (χ3v) is 3.38. The maximum Gasteiger partial charge on any atom is 0.327 e. The molecule has 6 heteroatoms. The average molecular weight is 296 g/mol. The number of carbonyl (C=O) groups is 1. The van der Waals surface area contributed by atoms with Crippen LogP contribution in [0.1, 0.15) is 52.7 Å². The van der Waals surface area contributed by atoms with E-state index >= 15 is 0 Å². The lowest BCUT2D eigenvalue weighted by molar-refractivity contribution is -0.151. The largest absolute Gasteiger partial charge is 0.465 e. The first-order valence-electron chi connectivity index (χ1n) is 7.85. The van der Waals surface area contributed by atoms with Crippen molar-refractivity contribution in [1.82, 2.24) is 20.1 Å². The summed E-state index contributed by atoms with van der Waals surface area (Å²) in [6.45, 7) is 11.4. The van der Waals surface area contributed by atoms with Crippen LogP contribution in [0.4, 0.5) is 0 Å². The van der Waals surface area contributed by atoms with Crippen molar-refractivity contribution in [3.8, 4) is 0 Å². The summed E-state index contributed by atoms with van der Waals surface area (Å²) < 4.78 is 7.05. The molecule has 0 saturated carbocycles. The zero-order chi connectivity index (χ0) is 15.9. The number of hydrogen-bond donors (Lipinski definition) is 1. The van der Waals surface area contributed by atoms with E-state index in [0.29, 0.717) is 13.2 Å². The summed E-state index contributed by atoms with van der Waals surface area (Å²) in [5, 5.41) is 7.79. The van der Waals surface area contributed by atoms with Gasteiger partial charge in [-0.25, -0.2) is 14.5 Å². The van der Waals surface area contributed by atoms with Crippen molar-refractivity contribution >= 4 is 5.97 Å². The van der Waals surface area contributed by atoms with Crippen molar-refractivity contribution in [2.24, 2.45) is 0 Å². The summed E-state index contributed by atoms with van der Waals surface area (Å²) in [4.78, 5) is 16.8. The highest BCUT2D eigenvalue weighted by atomic mass is 16.5. The first-order chi connectivity index (χ1) is 10.0. The Morgan fingerprint density at radius 1 is 1.29 bits per heavy atom. The van der Waals surface area contributed by atoms with Gasteiger partial charge < -0.3 is 10.1 Å². The summed E-state index contributed by atoms with van der Waals surface area (Å²) in [6, 6.07) is 0. The van der Waals surface area contributed by atoms with Gasteiger partial charge in [-0.2, -0.15) is 5.10 Å². The quantitative estimate of drug-likeness (QED) is 0.703. The van der Waals surface area contributed by atoms with Crippen LogP contribution in [0.25, 0.3) is 0 Å². The van der Waals surface area contributed by atoms with Crippen LogP contribution in [-0.4, -0.2) is 39.4 Å². The number of carbonyl (C=O) groups excluding carboxylic acids is 1. The summed E-state index contributed by atoms with van der Waals surface area (Å²) >= 11 is 0. The zero-order valence-corrected chi connectivity index (χ0v) is 13.9. The van der Waals surface area contributed by atoms with Crippen molar-refractivity contribution in [3.63, 3.8) is 0 Å². The highest BCUT2D eigenvalue weighted by Gasteiger charge is 2.35. The number of esters is 1. The van der Waals surface area contributed by atoms with Crippen LogP contribution in [0.2, 0.25) is 0 Å². The van der Waals surface area contributed by atoms with E-state index in [9.17, 15) is 4.79 Å². The number of aryl methyl sites for hydroxylation is 2. The first kappa shape index (κ1) is 17.6. The summed E-state index contributed by atoms with van der Waals surface area (Å²) in [6.07, 6.45) is 2.53. The van der Waals surface area contributed by atoms with E-state index in [1.165, 1.54) is 0 Å². The van der Waals surface area contributed by atoms with Crippen LogP contribution < -0.4 is 5.32 Å². The van der Waals surface area contributed by atoms with Crippen molar-refractivity contribution < 1.29 is 9.53 Å². The molecule has 1 unspecified atom stereocenters. The number of hydrogen-bond acceptors (Lipinski definition) is 5. The number of nitrogens with zero attached hydrogens (tertiary/aromatic N) is 3. The molecule has 0 radical (unpaired) electrons. The van der Waals surface area contributed by atoms with Gasteiger partial charge in [-0.3, -0.25) is 0 Å². The molecule has 0 aromatic carbocycles. The van der Waals surface area contributed by atoms with Crippen LogP contribution in [0.15, 0.2) is 0 Å². The SMILES string of the molecule is CCCNC(C)(Cn1nc(CC)nc1CC)C(=O)OCC. The minimum Gasteiger partial charge on any atom is -0.465 e. The Labute approximate surface area is 127 Å². The summed E-state index contributed by atoms with van der Waals surface area (Å²) in [5.41, 5.74) is -0.783.